The molecule has 0 saturated carbocycles. The summed E-state index contributed by atoms with van der Waals surface area (Å²) in [5.41, 5.74) is -0.809. The third-order valence-corrected chi connectivity index (χ3v) is 3.22. The van der Waals surface area contributed by atoms with Gasteiger partial charge in [0.1, 0.15) is 11.0 Å². The van der Waals surface area contributed by atoms with E-state index in [1.807, 2.05) is 17.5 Å². The number of anilines is 1. The van der Waals surface area contributed by atoms with Crippen LogP contribution in [-0.2, 0) is 12.7 Å². The second-order valence-electron chi connectivity index (χ2n) is 3.49. The Kier molecular flexibility index (Phi) is 3.77. The van der Waals surface area contributed by atoms with E-state index >= 15 is 0 Å². The Hall–Kier alpha value is -1.27. The van der Waals surface area contributed by atoms with Crippen molar-refractivity contribution in [2.24, 2.45) is 0 Å². The molecule has 0 spiro atoms. The molecule has 2 aromatic heterocycles. The van der Waals surface area contributed by atoms with Crippen molar-refractivity contribution in [1.29, 1.82) is 0 Å². The average Bonchev–Trinajstić information content (AvgIpc) is 2.77. The molecule has 18 heavy (non-hydrogen) atoms. The number of halogens is 4. The summed E-state index contributed by atoms with van der Waals surface area (Å²) in [6.07, 6.45) is -4.42. The molecule has 0 aliphatic heterocycles. The fourth-order valence-electron chi connectivity index (χ4n) is 1.34. The molecule has 0 unspecified atom stereocenters. The lowest BCUT2D eigenvalue weighted by Crippen LogP contribution is -2.08. The Morgan fingerprint density at radius 3 is 2.72 bits per heavy atom. The fraction of sp³-hybridized carbons (Fsp3) is 0.182. The highest BCUT2D eigenvalue weighted by Crippen LogP contribution is 2.32. The van der Waals surface area contributed by atoms with E-state index in [2.05, 4.69) is 10.3 Å². The summed E-state index contributed by atoms with van der Waals surface area (Å²) in [6, 6.07) is 5.50. The van der Waals surface area contributed by atoms with Crippen molar-refractivity contribution < 1.29 is 13.2 Å². The van der Waals surface area contributed by atoms with Crippen LogP contribution in [0.4, 0.5) is 19.0 Å². The molecule has 0 saturated heterocycles. The number of nitrogens with one attached hydrogen (secondary N) is 1. The van der Waals surface area contributed by atoms with E-state index < -0.39 is 11.7 Å². The van der Waals surface area contributed by atoms with Crippen molar-refractivity contribution in [2.75, 3.05) is 5.32 Å². The van der Waals surface area contributed by atoms with E-state index in [0.717, 1.165) is 17.0 Å². The Balaban J connectivity index is 2.15. The third-order valence-electron chi connectivity index (χ3n) is 2.15. The highest BCUT2D eigenvalue weighted by Gasteiger charge is 2.31. The summed E-state index contributed by atoms with van der Waals surface area (Å²) in [5.74, 6) is 0.114. The normalized spacial score (nSPS) is 11.6. The molecule has 0 bridgehead atoms. The molecule has 2 heterocycles. The van der Waals surface area contributed by atoms with Gasteiger partial charge in [0.05, 0.1) is 12.1 Å². The minimum atomic E-state index is -4.42. The second-order valence-corrected chi connectivity index (χ2v) is 4.91. The van der Waals surface area contributed by atoms with E-state index in [4.69, 9.17) is 11.6 Å². The van der Waals surface area contributed by atoms with Gasteiger partial charge in [-0.25, -0.2) is 4.98 Å². The first kappa shape index (κ1) is 13.2. The SMILES string of the molecule is FC(F)(F)c1cc(Cl)nc(NCc2cccs2)c1. The van der Waals surface area contributed by atoms with E-state index in [1.54, 1.807) is 0 Å². The van der Waals surface area contributed by atoms with Gasteiger partial charge in [-0.1, -0.05) is 17.7 Å². The van der Waals surface area contributed by atoms with Gasteiger partial charge in [-0.2, -0.15) is 13.2 Å². The van der Waals surface area contributed by atoms with Gasteiger partial charge in [0.25, 0.3) is 0 Å². The smallest absolute Gasteiger partial charge is 0.365 e. The standard InChI is InChI=1S/C11H8ClF3N2S/c12-9-4-7(11(13,14)15)5-10(17-9)16-6-8-2-1-3-18-8/h1-5H,6H2,(H,16,17). The van der Waals surface area contributed by atoms with Crippen LogP contribution >= 0.6 is 22.9 Å². The van der Waals surface area contributed by atoms with Crippen molar-refractivity contribution in [2.45, 2.75) is 12.7 Å². The number of nitrogens with zero attached hydrogens (tertiary/aromatic N) is 1. The summed E-state index contributed by atoms with van der Waals surface area (Å²) in [4.78, 5) is 4.81. The van der Waals surface area contributed by atoms with Gasteiger partial charge < -0.3 is 5.32 Å². The lowest BCUT2D eigenvalue weighted by atomic mass is 10.2. The van der Waals surface area contributed by atoms with Gasteiger partial charge in [-0.05, 0) is 23.6 Å². The first-order chi connectivity index (χ1) is 8.45. The number of alkyl halides is 3. The average molecular weight is 293 g/mol. The molecule has 0 aromatic carbocycles. The van der Waals surface area contributed by atoms with Crippen molar-refractivity contribution in [3.8, 4) is 0 Å². The fourth-order valence-corrected chi connectivity index (χ4v) is 2.20. The van der Waals surface area contributed by atoms with Crippen LogP contribution in [0.5, 0.6) is 0 Å². The predicted molar refractivity (Wildman–Crippen MR) is 65.9 cm³/mol. The third kappa shape index (κ3) is 3.36. The van der Waals surface area contributed by atoms with Gasteiger partial charge in [0.15, 0.2) is 0 Å². The molecule has 0 fully saturated rings. The summed E-state index contributed by atoms with van der Waals surface area (Å²) in [6.45, 7) is 0.419. The Morgan fingerprint density at radius 1 is 1.33 bits per heavy atom. The zero-order chi connectivity index (χ0) is 13.2. The zero-order valence-corrected chi connectivity index (χ0v) is 10.5. The van der Waals surface area contributed by atoms with Gasteiger partial charge in [-0.15, -0.1) is 11.3 Å². The molecule has 0 atom stereocenters. The Morgan fingerprint density at radius 2 is 2.11 bits per heavy atom. The second kappa shape index (κ2) is 5.16. The number of hydrogen-bond donors (Lipinski definition) is 1. The van der Waals surface area contributed by atoms with Gasteiger partial charge in [-0.3, -0.25) is 0 Å². The number of aromatic nitrogens is 1. The first-order valence-corrected chi connectivity index (χ1v) is 6.22. The van der Waals surface area contributed by atoms with Gasteiger partial charge >= 0.3 is 6.18 Å². The van der Waals surface area contributed by atoms with E-state index in [0.29, 0.717) is 6.54 Å². The minimum Gasteiger partial charge on any atom is -0.365 e. The molecule has 2 aromatic rings. The summed E-state index contributed by atoms with van der Waals surface area (Å²) in [5, 5.41) is 4.53. The van der Waals surface area contributed by atoms with Gasteiger partial charge in [0.2, 0.25) is 0 Å². The summed E-state index contributed by atoms with van der Waals surface area (Å²) < 4.78 is 37.6. The molecule has 2 rings (SSSR count). The molecule has 0 aliphatic rings. The van der Waals surface area contributed by atoms with Crippen LogP contribution < -0.4 is 5.32 Å². The van der Waals surface area contributed by atoms with E-state index in [-0.39, 0.29) is 11.0 Å². The van der Waals surface area contributed by atoms with Crippen LogP contribution in [0.15, 0.2) is 29.6 Å². The van der Waals surface area contributed by atoms with E-state index in [9.17, 15) is 13.2 Å². The molecule has 0 aliphatic carbocycles. The molecule has 7 heteroatoms. The highest BCUT2D eigenvalue weighted by molar-refractivity contribution is 7.09. The lowest BCUT2D eigenvalue weighted by molar-refractivity contribution is -0.137. The quantitative estimate of drug-likeness (QED) is 0.847. The lowest BCUT2D eigenvalue weighted by Gasteiger charge is -2.10. The maximum atomic E-state index is 12.5. The van der Waals surface area contributed by atoms with Crippen LogP contribution in [0, 0.1) is 0 Å². The Labute approximate surface area is 110 Å². The summed E-state index contributed by atoms with van der Waals surface area (Å²) >= 11 is 7.08. The molecule has 0 amide bonds. The highest BCUT2D eigenvalue weighted by atomic mass is 35.5. The number of hydrogen-bond acceptors (Lipinski definition) is 3. The van der Waals surface area contributed by atoms with Crippen LogP contribution in [0.2, 0.25) is 5.15 Å². The number of pyridine rings is 1. The summed E-state index contributed by atoms with van der Waals surface area (Å²) in [7, 11) is 0. The van der Waals surface area contributed by atoms with Crippen molar-refractivity contribution in [3.63, 3.8) is 0 Å². The van der Waals surface area contributed by atoms with Gasteiger partial charge in [0, 0.05) is 4.88 Å². The molecule has 1 N–H and O–H groups in total. The largest absolute Gasteiger partial charge is 0.416 e. The van der Waals surface area contributed by atoms with Crippen LogP contribution in [0.25, 0.3) is 0 Å². The Bertz CT molecular complexity index is 526. The molecule has 2 nitrogen and oxygen atoms in total. The van der Waals surface area contributed by atoms with Crippen molar-refractivity contribution in [1.82, 2.24) is 4.98 Å². The van der Waals surface area contributed by atoms with Crippen LogP contribution in [0.1, 0.15) is 10.4 Å². The maximum Gasteiger partial charge on any atom is 0.416 e. The predicted octanol–water partition coefficient (Wildman–Crippen LogP) is 4.43. The molecular formula is C11H8ClF3N2S. The minimum absolute atomic E-state index is 0.114. The molecule has 96 valence electrons. The number of thiophene rings is 1. The van der Waals surface area contributed by atoms with E-state index in [1.165, 1.54) is 11.3 Å². The van der Waals surface area contributed by atoms with Crippen LogP contribution in [-0.4, -0.2) is 4.98 Å². The topological polar surface area (TPSA) is 24.9 Å². The first-order valence-electron chi connectivity index (χ1n) is 4.96. The van der Waals surface area contributed by atoms with Crippen molar-refractivity contribution >= 4 is 28.8 Å². The monoisotopic (exact) mass is 292 g/mol. The maximum absolute atomic E-state index is 12.5. The number of rotatable bonds is 3. The van der Waals surface area contributed by atoms with Crippen molar-refractivity contribution in [3.05, 3.63) is 45.2 Å². The zero-order valence-electron chi connectivity index (χ0n) is 8.96. The van der Waals surface area contributed by atoms with Crippen LogP contribution in [0.3, 0.4) is 0 Å². The molecule has 0 radical (unpaired) electrons. The molecular weight excluding hydrogens is 285 g/mol.